The topological polar surface area (TPSA) is 177 Å². The van der Waals surface area contributed by atoms with Crippen molar-refractivity contribution in [1.29, 1.82) is 0 Å². The lowest BCUT2D eigenvalue weighted by Gasteiger charge is -2.46. The van der Waals surface area contributed by atoms with Gasteiger partial charge in [-0.25, -0.2) is 19.5 Å². The summed E-state index contributed by atoms with van der Waals surface area (Å²) >= 11 is 1.24. The number of morpholine rings is 1. The van der Waals surface area contributed by atoms with Crippen LogP contribution in [-0.2, 0) is 34.1 Å². The molecule has 6 aromatic rings. The van der Waals surface area contributed by atoms with Crippen molar-refractivity contribution in [3.8, 4) is 5.75 Å². The number of fused-ring (bicyclic) bond motifs is 4. The molecular formula is C49H45N5O9S. The van der Waals surface area contributed by atoms with Crippen LogP contribution in [0.25, 0.3) is 10.2 Å². The number of amides is 4. The summed E-state index contributed by atoms with van der Waals surface area (Å²) in [4.78, 5) is 82.6. The van der Waals surface area contributed by atoms with E-state index in [0.717, 1.165) is 15.2 Å². The fraction of sp³-hybridized carbons (Fsp3) is 0.265. The molecule has 0 unspecified atom stereocenters. The van der Waals surface area contributed by atoms with Crippen LogP contribution in [0.2, 0.25) is 0 Å². The normalized spacial score (nSPS) is 23.1. The quantitative estimate of drug-likeness (QED) is 0.116. The average molecular weight is 880 g/mol. The number of nitrogens with one attached hydrogen (secondary N) is 2. The second-order valence-corrected chi connectivity index (χ2v) is 17.3. The first-order chi connectivity index (χ1) is 31.1. The number of urea groups is 1. The molecule has 0 radical (unpaired) electrons. The molecule has 15 heteroatoms. The minimum absolute atomic E-state index is 0.0362. The number of carbonyl (C=O) groups is 5. The number of imide groups is 1. The van der Waals surface area contributed by atoms with Gasteiger partial charge in [-0.2, -0.15) is 0 Å². The summed E-state index contributed by atoms with van der Waals surface area (Å²) < 4.78 is 18.1. The number of methoxy groups -OCH3 is 1. The van der Waals surface area contributed by atoms with Crippen molar-refractivity contribution in [2.45, 2.75) is 49.5 Å². The summed E-state index contributed by atoms with van der Waals surface area (Å²) in [6.07, 6.45) is -0.914. The van der Waals surface area contributed by atoms with Gasteiger partial charge in [-0.05, 0) is 58.5 Å². The molecule has 1 spiro atoms. The summed E-state index contributed by atoms with van der Waals surface area (Å²) in [6, 6.07) is 34.5. The number of para-hydroxylation sites is 2. The van der Waals surface area contributed by atoms with Gasteiger partial charge < -0.3 is 30.0 Å². The molecule has 2 fully saturated rings. The van der Waals surface area contributed by atoms with Crippen molar-refractivity contribution in [2.75, 3.05) is 30.5 Å². The first-order valence-corrected chi connectivity index (χ1v) is 21.8. The number of hydrogen-bond acceptors (Lipinski definition) is 12. The number of aliphatic hydroxyl groups is 1. The van der Waals surface area contributed by atoms with Crippen molar-refractivity contribution in [2.24, 2.45) is 11.8 Å². The highest BCUT2D eigenvalue weighted by Gasteiger charge is 2.75. The highest BCUT2D eigenvalue weighted by Crippen LogP contribution is 2.66. The Morgan fingerprint density at radius 1 is 0.828 bits per heavy atom. The van der Waals surface area contributed by atoms with Crippen molar-refractivity contribution in [3.63, 3.8) is 0 Å². The lowest BCUT2D eigenvalue weighted by atomic mass is 9.65. The molecule has 9 rings (SSSR count). The highest BCUT2D eigenvalue weighted by molar-refractivity contribution is 7.22. The lowest BCUT2D eigenvalue weighted by Crippen LogP contribution is -2.57. The number of carbonyl (C=O) groups excluding carboxylic acids is 5. The van der Waals surface area contributed by atoms with E-state index in [0.29, 0.717) is 28.0 Å². The molecule has 326 valence electrons. The number of cyclic esters (lactones) is 1. The smallest absolute Gasteiger partial charge is 0.329 e. The van der Waals surface area contributed by atoms with Crippen LogP contribution in [0, 0.1) is 11.8 Å². The minimum atomic E-state index is -2.01. The van der Waals surface area contributed by atoms with Gasteiger partial charge in [-0.3, -0.25) is 19.3 Å². The molecule has 7 atom stereocenters. The van der Waals surface area contributed by atoms with E-state index in [9.17, 15) is 14.7 Å². The van der Waals surface area contributed by atoms with Crippen molar-refractivity contribution in [3.05, 3.63) is 156 Å². The van der Waals surface area contributed by atoms with E-state index < -0.39 is 77.3 Å². The van der Waals surface area contributed by atoms with Crippen LogP contribution in [0.1, 0.15) is 54.3 Å². The first-order valence-electron chi connectivity index (χ1n) is 21.0. The van der Waals surface area contributed by atoms with Crippen LogP contribution in [0.15, 0.2) is 133 Å². The summed E-state index contributed by atoms with van der Waals surface area (Å²) in [5.41, 5.74) is 1.08. The van der Waals surface area contributed by atoms with Crippen LogP contribution in [-0.4, -0.2) is 77.2 Å². The SMILES string of the molecule is COC(=O)[C@@H](NC(=O)N1C(=O)[C@@]2(c3ccccc31)[C@H](C(=O)Nc1nc3ccccc3s1)[C@H]1C(=O)O[C@H](c3ccccc3)[C@H](c3ccccc3)N1[C@@H]2c1ccc(OCCO)cc1)C(C)C. The molecule has 0 aliphatic carbocycles. The fourth-order valence-electron chi connectivity index (χ4n) is 9.70. The summed E-state index contributed by atoms with van der Waals surface area (Å²) in [5, 5.41) is 15.5. The third kappa shape index (κ3) is 7.05. The van der Waals surface area contributed by atoms with E-state index in [4.69, 9.17) is 14.2 Å². The van der Waals surface area contributed by atoms with Gasteiger partial charge in [-0.15, -0.1) is 0 Å². The number of benzene rings is 5. The van der Waals surface area contributed by atoms with Crippen LogP contribution < -0.4 is 20.3 Å². The molecule has 14 nitrogen and oxygen atoms in total. The maximum Gasteiger partial charge on any atom is 0.329 e. The molecule has 4 amide bonds. The predicted molar refractivity (Wildman–Crippen MR) is 238 cm³/mol. The molecule has 0 bridgehead atoms. The number of thiazole rings is 1. The number of nitrogens with zero attached hydrogens (tertiary/aromatic N) is 3. The Hall–Kier alpha value is -6.94. The van der Waals surface area contributed by atoms with E-state index >= 15 is 14.4 Å². The van der Waals surface area contributed by atoms with Gasteiger partial charge >= 0.3 is 18.0 Å². The second kappa shape index (κ2) is 17.3. The Morgan fingerprint density at radius 3 is 2.16 bits per heavy atom. The van der Waals surface area contributed by atoms with Gasteiger partial charge in [0.15, 0.2) is 5.13 Å². The Balaban J connectivity index is 1.31. The fourth-order valence-corrected chi connectivity index (χ4v) is 10.6. The lowest BCUT2D eigenvalue weighted by molar-refractivity contribution is -0.177. The monoisotopic (exact) mass is 879 g/mol. The third-order valence-corrected chi connectivity index (χ3v) is 13.3. The first kappa shape index (κ1) is 42.4. The number of aromatic nitrogens is 1. The van der Waals surface area contributed by atoms with Crippen LogP contribution in [0.5, 0.6) is 5.75 Å². The molecule has 3 N–H and O–H groups in total. The predicted octanol–water partition coefficient (Wildman–Crippen LogP) is 6.88. The van der Waals surface area contributed by atoms with E-state index in [1.54, 1.807) is 62.4 Å². The Bertz CT molecular complexity index is 2700. The number of ether oxygens (including phenoxy) is 3. The van der Waals surface area contributed by atoms with E-state index in [-0.39, 0.29) is 24.0 Å². The summed E-state index contributed by atoms with van der Waals surface area (Å²) in [5.74, 6) is -4.46. The summed E-state index contributed by atoms with van der Waals surface area (Å²) in [6.45, 7) is 3.30. The van der Waals surface area contributed by atoms with Crippen LogP contribution in [0.4, 0.5) is 15.6 Å². The average Bonchev–Trinajstić information content (AvgIpc) is 3.96. The summed E-state index contributed by atoms with van der Waals surface area (Å²) in [7, 11) is 1.22. The molecule has 3 aliphatic heterocycles. The molecule has 1 aromatic heterocycles. The standard InChI is InChI=1S/C49H45N5O9S/c1-28(2)38(44(57)61-3)51-48(60)53-35-20-12-10-18-33(35)49(46(53)59)37(43(56)52-47-50-34-19-11-13-21-36(34)64-47)40-45(58)63-41(30-16-8-5-9-17-30)39(29-14-6-4-7-15-29)54(40)42(49)31-22-24-32(25-23-31)62-27-26-55/h4-25,28,37-42,55H,26-27H2,1-3H3,(H,51,60)(H,50,52,56)/t37-,38-,39-,40-,41+,42+,49-/m0/s1. The Labute approximate surface area is 372 Å². The van der Waals surface area contributed by atoms with Crippen molar-refractivity contribution >= 4 is 62.2 Å². The minimum Gasteiger partial charge on any atom is -0.491 e. The zero-order valence-corrected chi connectivity index (χ0v) is 35.9. The van der Waals surface area contributed by atoms with Gasteiger partial charge in [-0.1, -0.05) is 128 Å². The maximum atomic E-state index is 16.3. The molecule has 4 heterocycles. The van der Waals surface area contributed by atoms with E-state index in [2.05, 4.69) is 15.6 Å². The van der Waals surface area contributed by atoms with E-state index in [1.165, 1.54) is 18.4 Å². The number of rotatable bonds is 11. The van der Waals surface area contributed by atoms with E-state index in [1.807, 2.05) is 89.8 Å². The van der Waals surface area contributed by atoms with Crippen LogP contribution >= 0.6 is 11.3 Å². The largest absolute Gasteiger partial charge is 0.491 e. The van der Waals surface area contributed by atoms with Gasteiger partial charge in [0, 0.05) is 0 Å². The van der Waals surface area contributed by atoms with Gasteiger partial charge in [0.05, 0.1) is 47.6 Å². The Morgan fingerprint density at radius 2 is 1.48 bits per heavy atom. The zero-order chi connectivity index (χ0) is 44.7. The highest BCUT2D eigenvalue weighted by atomic mass is 32.1. The number of esters is 2. The second-order valence-electron chi connectivity index (χ2n) is 16.2. The molecule has 2 saturated heterocycles. The number of anilines is 2. The molecular weight excluding hydrogens is 835 g/mol. The van der Waals surface area contributed by atoms with Gasteiger partial charge in [0.1, 0.15) is 36.0 Å². The number of hydrogen-bond donors (Lipinski definition) is 3. The molecule has 3 aliphatic rings. The maximum absolute atomic E-state index is 16.3. The third-order valence-electron chi connectivity index (χ3n) is 12.3. The molecule has 5 aromatic carbocycles. The Kier molecular flexibility index (Phi) is 11.5. The van der Waals surface area contributed by atoms with Gasteiger partial charge in [0.2, 0.25) is 11.8 Å². The number of aliphatic hydroxyl groups excluding tert-OH is 1. The van der Waals surface area contributed by atoms with Crippen molar-refractivity contribution < 1.29 is 43.3 Å². The molecule has 0 saturated carbocycles. The van der Waals surface area contributed by atoms with Gasteiger partial charge in [0.25, 0.3) is 0 Å². The van der Waals surface area contributed by atoms with Crippen LogP contribution in [0.3, 0.4) is 0 Å². The van der Waals surface area contributed by atoms with Crippen molar-refractivity contribution in [1.82, 2.24) is 15.2 Å². The molecule has 64 heavy (non-hydrogen) atoms. The zero-order valence-electron chi connectivity index (χ0n) is 35.1.